The first-order chi connectivity index (χ1) is 12.2. The Morgan fingerprint density at radius 2 is 1.85 bits per heavy atom. The van der Waals surface area contributed by atoms with E-state index < -0.39 is 17.3 Å². The molecule has 0 radical (unpaired) electrons. The number of guanidine groups is 1. The van der Waals surface area contributed by atoms with E-state index in [1.807, 2.05) is 6.92 Å². The summed E-state index contributed by atoms with van der Waals surface area (Å²) in [6, 6.07) is 8.23. The minimum Gasteiger partial charge on any atom is -0.466 e. The minimum atomic E-state index is -4.35. The van der Waals surface area contributed by atoms with Gasteiger partial charge in [0.2, 0.25) is 0 Å². The lowest BCUT2D eigenvalue weighted by Crippen LogP contribution is -2.44. The van der Waals surface area contributed by atoms with Crippen LogP contribution in [0.1, 0.15) is 30.7 Å². The van der Waals surface area contributed by atoms with Crippen LogP contribution in [0.5, 0.6) is 0 Å². The highest BCUT2D eigenvalue weighted by Crippen LogP contribution is 2.29. The van der Waals surface area contributed by atoms with Crippen molar-refractivity contribution in [1.29, 1.82) is 0 Å². The van der Waals surface area contributed by atoms with Crippen LogP contribution in [0.3, 0.4) is 0 Å². The fourth-order valence-corrected chi connectivity index (χ4v) is 2.24. The van der Waals surface area contributed by atoms with Gasteiger partial charge in [0, 0.05) is 6.54 Å². The summed E-state index contributed by atoms with van der Waals surface area (Å²) in [4.78, 5) is 4.33. The minimum absolute atomic E-state index is 0.152. The molecule has 0 aliphatic heterocycles. The maximum atomic E-state index is 12.6. The van der Waals surface area contributed by atoms with E-state index >= 15 is 0 Å². The monoisotopic (exact) mass is 369 g/mol. The summed E-state index contributed by atoms with van der Waals surface area (Å²) >= 11 is 0. The average molecular weight is 369 g/mol. The van der Waals surface area contributed by atoms with Gasteiger partial charge in [0.15, 0.2) is 5.96 Å². The number of hydrogen-bond donors (Lipinski definition) is 3. The van der Waals surface area contributed by atoms with E-state index in [9.17, 15) is 18.3 Å². The molecule has 0 saturated carbocycles. The average Bonchev–Trinajstić information content (AvgIpc) is 3.12. The summed E-state index contributed by atoms with van der Waals surface area (Å²) in [5.74, 6) is 0.864. The predicted octanol–water partition coefficient (Wildman–Crippen LogP) is 3.26. The topological polar surface area (TPSA) is 69.8 Å². The third-order valence-corrected chi connectivity index (χ3v) is 3.70. The normalized spacial score (nSPS) is 14.8. The van der Waals surface area contributed by atoms with E-state index in [2.05, 4.69) is 15.6 Å². The molecule has 0 aliphatic carbocycles. The lowest BCUT2D eigenvalue weighted by Gasteiger charge is -2.22. The molecule has 0 amide bonds. The molecule has 0 bridgehead atoms. The highest BCUT2D eigenvalue weighted by Gasteiger charge is 2.30. The summed E-state index contributed by atoms with van der Waals surface area (Å²) in [6.45, 7) is 4.45. The van der Waals surface area contributed by atoms with Gasteiger partial charge < -0.3 is 20.2 Å². The number of aliphatic hydroxyl groups is 1. The molecule has 0 aliphatic rings. The third-order valence-electron chi connectivity index (χ3n) is 3.70. The third kappa shape index (κ3) is 5.52. The van der Waals surface area contributed by atoms with Crippen molar-refractivity contribution in [1.82, 2.24) is 10.6 Å². The Kier molecular flexibility index (Phi) is 6.31. The highest BCUT2D eigenvalue weighted by atomic mass is 19.4. The van der Waals surface area contributed by atoms with Crippen LogP contribution in [-0.2, 0) is 18.3 Å². The molecule has 8 heteroatoms. The van der Waals surface area contributed by atoms with E-state index in [1.54, 1.807) is 19.1 Å². The maximum Gasteiger partial charge on any atom is 0.416 e. The molecular formula is C18H22F3N3O2. The van der Waals surface area contributed by atoms with E-state index in [4.69, 9.17) is 4.42 Å². The Morgan fingerprint density at radius 3 is 2.38 bits per heavy atom. The number of rotatable bonds is 6. The van der Waals surface area contributed by atoms with Crippen molar-refractivity contribution < 1.29 is 22.7 Å². The molecule has 1 heterocycles. The van der Waals surface area contributed by atoms with Crippen molar-refractivity contribution in [3.05, 3.63) is 59.5 Å². The van der Waals surface area contributed by atoms with Gasteiger partial charge >= 0.3 is 6.18 Å². The van der Waals surface area contributed by atoms with Crippen molar-refractivity contribution in [2.45, 2.75) is 32.2 Å². The second kappa shape index (κ2) is 8.27. The van der Waals surface area contributed by atoms with Crippen LogP contribution in [0.2, 0.25) is 0 Å². The first-order valence-electron chi connectivity index (χ1n) is 8.17. The van der Waals surface area contributed by atoms with Gasteiger partial charge in [-0.2, -0.15) is 13.2 Å². The van der Waals surface area contributed by atoms with E-state index in [1.165, 1.54) is 18.4 Å². The van der Waals surface area contributed by atoms with Crippen LogP contribution in [0.15, 0.2) is 52.1 Å². The number of alkyl halides is 3. The van der Waals surface area contributed by atoms with Gasteiger partial charge in [0.05, 0.1) is 24.9 Å². The summed E-state index contributed by atoms with van der Waals surface area (Å²) in [5, 5.41) is 16.5. The Labute approximate surface area is 149 Å². The van der Waals surface area contributed by atoms with Crippen LogP contribution < -0.4 is 10.6 Å². The van der Waals surface area contributed by atoms with Gasteiger partial charge in [-0.05, 0) is 43.7 Å². The Morgan fingerprint density at radius 1 is 1.15 bits per heavy atom. The van der Waals surface area contributed by atoms with Crippen molar-refractivity contribution in [2.24, 2.45) is 4.99 Å². The first-order valence-corrected chi connectivity index (χ1v) is 8.17. The lowest BCUT2D eigenvalue weighted by atomic mass is 10.0. The van der Waals surface area contributed by atoms with Crippen LogP contribution in [0, 0.1) is 0 Å². The van der Waals surface area contributed by atoms with Crippen molar-refractivity contribution >= 4 is 5.96 Å². The molecule has 2 rings (SSSR count). The second-order valence-corrected chi connectivity index (χ2v) is 5.99. The smallest absolute Gasteiger partial charge is 0.416 e. The Hall–Kier alpha value is -2.48. The van der Waals surface area contributed by atoms with Gasteiger partial charge in [-0.3, -0.25) is 0 Å². The van der Waals surface area contributed by atoms with E-state index in [0.29, 0.717) is 23.8 Å². The zero-order valence-corrected chi connectivity index (χ0v) is 14.6. The van der Waals surface area contributed by atoms with Crippen LogP contribution in [0.4, 0.5) is 13.2 Å². The fraction of sp³-hybridized carbons (Fsp3) is 0.389. The standard InChI is InChI=1S/C18H22F3N3O2/c1-3-22-16(24-12-17(2,25)15-5-4-10-26-15)23-11-13-6-8-14(9-7-13)18(19,20)21/h4-10,25H,3,11-12H2,1-2H3,(H2,22,23,24). The van der Waals surface area contributed by atoms with Gasteiger partial charge in [0.25, 0.3) is 0 Å². The molecule has 0 spiro atoms. The largest absolute Gasteiger partial charge is 0.466 e. The van der Waals surface area contributed by atoms with Crippen LogP contribution in [0.25, 0.3) is 0 Å². The number of furan rings is 1. The molecule has 142 valence electrons. The molecule has 1 aromatic heterocycles. The van der Waals surface area contributed by atoms with Crippen molar-refractivity contribution in [2.75, 3.05) is 13.1 Å². The number of aliphatic imine (C=N–C) groups is 1. The number of nitrogens with one attached hydrogen (secondary N) is 2. The number of halogens is 3. The molecule has 1 unspecified atom stereocenters. The van der Waals surface area contributed by atoms with Crippen LogP contribution >= 0.6 is 0 Å². The molecule has 0 fully saturated rings. The molecule has 26 heavy (non-hydrogen) atoms. The van der Waals surface area contributed by atoms with Crippen molar-refractivity contribution in [3.8, 4) is 0 Å². The quantitative estimate of drug-likeness (QED) is 0.540. The zero-order valence-electron chi connectivity index (χ0n) is 14.6. The number of nitrogens with zero attached hydrogens (tertiary/aromatic N) is 1. The van der Waals surface area contributed by atoms with E-state index in [-0.39, 0.29) is 13.1 Å². The Bertz CT molecular complexity index is 708. The molecule has 5 nitrogen and oxygen atoms in total. The first kappa shape index (κ1) is 19.8. The lowest BCUT2D eigenvalue weighted by molar-refractivity contribution is -0.137. The molecular weight excluding hydrogens is 347 g/mol. The molecule has 2 aromatic rings. The summed E-state index contributed by atoms with van der Waals surface area (Å²) < 4.78 is 43.0. The molecule has 1 aromatic carbocycles. The van der Waals surface area contributed by atoms with Gasteiger partial charge in [0.1, 0.15) is 11.4 Å². The second-order valence-electron chi connectivity index (χ2n) is 5.99. The van der Waals surface area contributed by atoms with Crippen LogP contribution in [-0.4, -0.2) is 24.2 Å². The predicted molar refractivity (Wildman–Crippen MR) is 92.5 cm³/mol. The van der Waals surface area contributed by atoms with E-state index in [0.717, 1.165) is 12.1 Å². The zero-order chi connectivity index (χ0) is 19.2. The number of hydrogen-bond acceptors (Lipinski definition) is 3. The summed E-state index contributed by atoms with van der Waals surface area (Å²) in [5.41, 5.74) is -1.27. The van der Waals surface area contributed by atoms with Gasteiger partial charge in [-0.15, -0.1) is 0 Å². The maximum absolute atomic E-state index is 12.6. The van der Waals surface area contributed by atoms with Gasteiger partial charge in [-0.25, -0.2) is 4.99 Å². The molecule has 1 atom stereocenters. The molecule has 3 N–H and O–H groups in total. The summed E-state index contributed by atoms with van der Waals surface area (Å²) in [6.07, 6.45) is -2.87. The SMILES string of the molecule is CCNC(=NCc1ccc(C(F)(F)F)cc1)NCC(C)(O)c1ccco1. The number of benzene rings is 1. The molecule has 0 saturated heterocycles. The summed E-state index contributed by atoms with van der Waals surface area (Å²) in [7, 11) is 0. The Balaban J connectivity index is 2.00. The fourth-order valence-electron chi connectivity index (χ4n) is 2.24. The van der Waals surface area contributed by atoms with Gasteiger partial charge in [-0.1, -0.05) is 12.1 Å². The highest BCUT2D eigenvalue weighted by molar-refractivity contribution is 5.79. The van der Waals surface area contributed by atoms with Crippen molar-refractivity contribution in [3.63, 3.8) is 0 Å².